The SMILES string of the molecule is CCOc1ccccc1/C=C/C(=O)Nc1ccc(F)cc1F. The number of benzene rings is 2. The smallest absolute Gasteiger partial charge is 0.248 e. The fourth-order valence-corrected chi connectivity index (χ4v) is 1.84. The average molecular weight is 303 g/mol. The molecule has 3 nitrogen and oxygen atoms in total. The van der Waals surface area contributed by atoms with E-state index in [9.17, 15) is 13.6 Å². The number of halogens is 2. The minimum absolute atomic E-state index is 0.0749. The zero-order valence-electron chi connectivity index (χ0n) is 12.0. The maximum absolute atomic E-state index is 13.4. The molecule has 0 atom stereocenters. The van der Waals surface area contributed by atoms with Gasteiger partial charge in [0, 0.05) is 17.7 Å². The lowest BCUT2D eigenvalue weighted by molar-refractivity contribution is -0.111. The molecule has 114 valence electrons. The molecular formula is C17H15F2NO2. The van der Waals surface area contributed by atoms with Gasteiger partial charge in [-0.15, -0.1) is 0 Å². The Labute approximate surface area is 127 Å². The van der Waals surface area contributed by atoms with Crippen molar-refractivity contribution in [1.29, 1.82) is 0 Å². The summed E-state index contributed by atoms with van der Waals surface area (Å²) in [6.45, 7) is 2.38. The van der Waals surface area contributed by atoms with E-state index in [1.807, 2.05) is 19.1 Å². The predicted molar refractivity (Wildman–Crippen MR) is 81.6 cm³/mol. The van der Waals surface area contributed by atoms with E-state index in [0.29, 0.717) is 18.4 Å². The van der Waals surface area contributed by atoms with Gasteiger partial charge in [0.1, 0.15) is 17.4 Å². The second kappa shape index (κ2) is 7.36. The van der Waals surface area contributed by atoms with Gasteiger partial charge in [0.2, 0.25) is 5.91 Å². The maximum Gasteiger partial charge on any atom is 0.248 e. The van der Waals surface area contributed by atoms with Gasteiger partial charge in [-0.1, -0.05) is 18.2 Å². The first-order chi connectivity index (χ1) is 10.6. The topological polar surface area (TPSA) is 38.3 Å². The van der Waals surface area contributed by atoms with Crippen molar-refractivity contribution in [2.75, 3.05) is 11.9 Å². The molecule has 2 aromatic carbocycles. The van der Waals surface area contributed by atoms with Gasteiger partial charge in [-0.25, -0.2) is 8.78 Å². The molecule has 0 saturated carbocycles. The summed E-state index contributed by atoms with van der Waals surface area (Å²) in [5, 5.41) is 2.35. The molecule has 5 heteroatoms. The van der Waals surface area contributed by atoms with Crippen LogP contribution in [0.5, 0.6) is 5.75 Å². The summed E-state index contributed by atoms with van der Waals surface area (Å²) in [5.41, 5.74) is 0.660. The minimum Gasteiger partial charge on any atom is -0.493 e. The summed E-state index contributed by atoms with van der Waals surface area (Å²) in [5.74, 6) is -1.38. The Kier molecular flexibility index (Phi) is 5.25. The minimum atomic E-state index is -0.823. The van der Waals surface area contributed by atoms with E-state index >= 15 is 0 Å². The largest absolute Gasteiger partial charge is 0.493 e. The number of nitrogens with one attached hydrogen (secondary N) is 1. The van der Waals surface area contributed by atoms with E-state index < -0.39 is 17.5 Å². The molecule has 2 aromatic rings. The van der Waals surface area contributed by atoms with Crippen LogP contribution < -0.4 is 10.1 Å². The van der Waals surface area contributed by atoms with Gasteiger partial charge in [-0.3, -0.25) is 4.79 Å². The van der Waals surface area contributed by atoms with Crippen molar-refractivity contribution in [2.24, 2.45) is 0 Å². The van der Waals surface area contributed by atoms with Crippen LogP contribution in [0.2, 0.25) is 0 Å². The first-order valence-electron chi connectivity index (χ1n) is 6.76. The first-order valence-corrected chi connectivity index (χ1v) is 6.76. The molecule has 1 amide bonds. The highest BCUT2D eigenvalue weighted by atomic mass is 19.1. The van der Waals surface area contributed by atoms with Crippen molar-refractivity contribution >= 4 is 17.7 Å². The lowest BCUT2D eigenvalue weighted by atomic mass is 10.2. The number of amides is 1. The van der Waals surface area contributed by atoms with E-state index in [4.69, 9.17) is 4.74 Å². The number of hydrogen-bond acceptors (Lipinski definition) is 2. The summed E-state index contributed by atoms with van der Waals surface area (Å²) in [7, 11) is 0. The molecule has 22 heavy (non-hydrogen) atoms. The lowest BCUT2D eigenvalue weighted by Crippen LogP contribution is -2.09. The molecule has 0 radical (unpaired) electrons. The molecule has 0 aliphatic rings. The molecule has 2 rings (SSSR count). The monoisotopic (exact) mass is 303 g/mol. The van der Waals surface area contributed by atoms with Crippen LogP contribution in [0.4, 0.5) is 14.5 Å². The van der Waals surface area contributed by atoms with Gasteiger partial charge in [0.05, 0.1) is 12.3 Å². The van der Waals surface area contributed by atoms with E-state index in [2.05, 4.69) is 5.32 Å². The standard InChI is InChI=1S/C17H15F2NO2/c1-2-22-16-6-4-3-5-12(16)7-10-17(21)20-15-9-8-13(18)11-14(15)19/h3-11H,2H2,1H3,(H,20,21)/b10-7+. The van der Waals surface area contributed by atoms with Crippen LogP contribution in [0, 0.1) is 11.6 Å². The normalized spacial score (nSPS) is 10.7. The molecular weight excluding hydrogens is 288 g/mol. The van der Waals surface area contributed by atoms with Crippen molar-refractivity contribution in [1.82, 2.24) is 0 Å². The third-order valence-corrected chi connectivity index (χ3v) is 2.82. The Bertz CT molecular complexity index is 699. The molecule has 0 aliphatic carbocycles. The Morgan fingerprint density at radius 2 is 2.00 bits per heavy atom. The summed E-state index contributed by atoms with van der Waals surface area (Å²) in [4.78, 5) is 11.8. The number of carbonyl (C=O) groups is 1. The van der Waals surface area contributed by atoms with Crippen molar-refractivity contribution in [3.8, 4) is 5.75 Å². The number of carbonyl (C=O) groups excluding carboxylic acids is 1. The van der Waals surface area contributed by atoms with Gasteiger partial charge in [-0.2, -0.15) is 0 Å². The molecule has 1 N–H and O–H groups in total. The maximum atomic E-state index is 13.4. The van der Waals surface area contributed by atoms with E-state index in [1.54, 1.807) is 18.2 Å². The molecule has 0 bridgehead atoms. The van der Waals surface area contributed by atoms with Gasteiger partial charge >= 0.3 is 0 Å². The van der Waals surface area contributed by atoms with Crippen molar-refractivity contribution in [3.63, 3.8) is 0 Å². The van der Waals surface area contributed by atoms with Gasteiger partial charge in [0.15, 0.2) is 0 Å². The Morgan fingerprint density at radius 3 is 2.73 bits per heavy atom. The number of rotatable bonds is 5. The van der Waals surface area contributed by atoms with Crippen LogP contribution in [0.25, 0.3) is 6.08 Å². The van der Waals surface area contributed by atoms with Crippen LogP contribution in [0.3, 0.4) is 0 Å². The van der Waals surface area contributed by atoms with Crippen LogP contribution in [-0.2, 0) is 4.79 Å². The molecule has 0 saturated heterocycles. The fourth-order valence-electron chi connectivity index (χ4n) is 1.84. The predicted octanol–water partition coefficient (Wildman–Crippen LogP) is 4.02. The molecule has 0 aliphatic heterocycles. The zero-order chi connectivity index (χ0) is 15.9. The number of hydrogen-bond donors (Lipinski definition) is 1. The van der Waals surface area contributed by atoms with Crippen molar-refractivity contribution in [3.05, 3.63) is 65.7 Å². The first kappa shape index (κ1) is 15.7. The second-order valence-electron chi connectivity index (χ2n) is 4.42. The molecule has 0 unspecified atom stereocenters. The number of anilines is 1. The zero-order valence-corrected chi connectivity index (χ0v) is 12.0. The molecule has 0 spiro atoms. The Morgan fingerprint density at radius 1 is 1.23 bits per heavy atom. The van der Waals surface area contributed by atoms with Gasteiger partial charge < -0.3 is 10.1 Å². The highest BCUT2D eigenvalue weighted by Gasteiger charge is 2.06. The van der Waals surface area contributed by atoms with Gasteiger partial charge in [0.25, 0.3) is 0 Å². The summed E-state index contributed by atoms with van der Waals surface area (Å²) in [6, 6.07) is 10.2. The number of para-hydroxylation sites is 1. The van der Waals surface area contributed by atoms with E-state index in [1.165, 1.54) is 12.1 Å². The molecule has 0 aromatic heterocycles. The highest BCUT2D eigenvalue weighted by molar-refractivity contribution is 6.02. The lowest BCUT2D eigenvalue weighted by Gasteiger charge is -2.06. The van der Waals surface area contributed by atoms with Crippen LogP contribution in [0.1, 0.15) is 12.5 Å². The van der Waals surface area contributed by atoms with E-state index in [-0.39, 0.29) is 5.69 Å². The van der Waals surface area contributed by atoms with Crippen LogP contribution in [0.15, 0.2) is 48.5 Å². The second-order valence-corrected chi connectivity index (χ2v) is 4.42. The molecule has 0 fully saturated rings. The number of ether oxygens (including phenoxy) is 1. The molecule has 0 heterocycles. The third-order valence-electron chi connectivity index (χ3n) is 2.82. The Balaban J connectivity index is 2.08. The van der Waals surface area contributed by atoms with E-state index in [0.717, 1.165) is 11.6 Å². The average Bonchev–Trinajstić information content (AvgIpc) is 2.49. The Hall–Kier alpha value is -2.69. The highest BCUT2D eigenvalue weighted by Crippen LogP contribution is 2.20. The third kappa shape index (κ3) is 4.15. The van der Waals surface area contributed by atoms with Crippen molar-refractivity contribution < 1.29 is 18.3 Å². The van der Waals surface area contributed by atoms with Gasteiger partial charge in [-0.05, 0) is 31.2 Å². The summed E-state index contributed by atoms with van der Waals surface area (Å²) in [6.07, 6.45) is 2.84. The van der Waals surface area contributed by atoms with Crippen LogP contribution in [-0.4, -0.2) is 12.5 Å². The van der Waals surface area contributed by atoms with Crippen LogP contribution >= 0.6 is 0 Å². The fraction of sp³-hybridized carbons (Fsp3) is 0.118. The quantitative estimate of drug-likeness (QED) is 0.847. The summed E-state index contributed by atoms with van der Waals surface area (Å²) >= 11 is 0. The summed E-state index contributed by atoms with van der Waals surface area (Å²) < 4.78 is 31.7. The van der Waals surface area contributed by atoms with Crippen molar-refractivity contribution in [2.45, 2.75) is 6.92 Å².